The number of aryl methyl sites for hydroxylation is 1. The second-order valence-electron chi connectivity index (χ2n) is 4.02. The monoisotopic (exact) mass is 267 g/mol. The normalized spacial score (nSPS) is 11.7. The summed E-state index contributed by atoms with van der Waals surface area (Å²) in [4.78, 5) is 0.0613. The summed E-state index contributed by atoms with van der Waals surface area (Å²) in [6.07, 6.45) is 2.60. The topological polar surface area (TPSA) is 98.2 Å². The Morgan fingerprint density at radius 1 is 1.33 bits per heavy atom. The van der Waals surface area contributed by atoms with E-state index in [0.29, 0.717) is 16.9 Å². The van der Waals surface area contributed by atoms with Crippen LogP contribution in [0, 0.1) is 0 Å². The number of aromatic hydroxyl groups is 1. The molecule has 0 aliphatic carbocycles. The van der Waals surface area contributed by atoms with Crippen LogP contribution in [0.5, 0.6) is 5.75 Å². The average molecular weight is 267 g/mol. The Labute approximate surface area is 105 Å². The van der Waals surface area contributed by atoms with Gasteiger partial charge in [-0.15, -0.1) is 0 Å². The molecule has 0 amide bonds. The van der Waals surface area contributed by atoms with Crippen LogP contribution in [0.4, 0.5) is 5.82 Å². The summed E-state index contributed by atoms with van der Waals surface area (Å²) in [5, 5.41) is 13.9. The van der Waals surface area contributed by atoms with E-state index in [0.717, 1.165) is 6.26 Å². The van der Waals surface area contributed by atoms with E-state index in [1.807, 2.05) is 0 Å². The van der Waals surface area contributed by atoms with Crippen LogP contribution in [0.2, 0.25) is 0 Å². The Morgan fingerprint density at radius 2 is 2.00 bits per heavy atom. The Hall–Kier alpha value is -2.02. The van der Waals surface area contributed by atoms with Gasteiger partial charge in [0.2, 0.25) is 0 Å². The molecule has 0 aliphatic heterocycles. The van der Waals surface area contributed by atoms with Gasteiger partial charge in [-0.05, 0) is 18.2 Å². The van der Waals surface area contributed by atoms with Gasteiger partial charge in [-0.1, -0.05) is 0 Å². The summed E-state index contributed by atoms with van der Waals surface area (Å²) < 4.78 is 24.2. The van der Waals surface area contributed by atoms with E-state index in [9.17, 15) is 13.5 Å². The van der Waals surface area contributed by atoms with Crippen molar-refractivity contribution in [1.29, 1.82) is 0 Å². The maximum atomic E-state index is 11.4. The van der Waals surface area contributed by atoms with Crippen molar-refractivity contribution in [1.82, 2.24) is 9.78 Å². The van der Waals surface area contributed by atoms with Crippen molar-refractivity contribution < 1.29 is 13.5 Å². The molecule has 0 spiro atoms. The molecule has 0 fully saturated rings. The van der Waals surface area contributed by atoms with E-state index in [4.69, 9.17) is 5.73 Å². The number of sulfone groups is 1. The molecule has 0 aliphatic rings. The quantitative estimate of drug-likeness (QED) is 0.837. The zero-order valence-corrected chi connectivity index (χ0v) is 10.8. The van der Waals surface area contributed by atoms with Gasteiger partial charge in [0.25, 0.3) is 0 Å². The highest BCUT2D eigenvalue weighted by Crippen LogP contribution is 2.34. The number of nitrogens with two attached hydrogens (primary N) is 1. The van der Waals surface area contributed by atoms with Gasteiger partial charge in [0.05, 0.1) is 11.1 Å². The van der Waals surface area contributed by atoms with E-state index in [1.165, 1.54) is 29.1 Å². The molecule has 6 nitrogen and oxygen atoms in total. The maximum Gasteiger partial charge on any atom is 0.175 e. The van der Waals surface area contributed by atoms with Crippen molar-refractivity contribution in [3.63, 3.8) is 0 Å². The molecule has 1 heterocycles. The molecular weight excluding hydrogens is 254 g/mol. The SMILES string of the molecule is Cn1ncc(-c2ccc(S(C)(=O)=O)cc2O)c1N. The number of aromatic nitrogens is 2. The minimum Gasteiger partial charge on any atom is -0.507 e. The van der Waals surface area contributed by atoms with Crippen LogP contribution in [-0.4, -0.2) is 29.6 Å². The lowest BCUT2D eigenvalue weighted by atomic mass is 10.1. The van der Waals surface area contributed by atoms with Crippen molar-refractivity contribution in [3.05, 3.63) is 24.4 Å². The number of anilines is 1. The van der Waals surface area contributed by atoms with Gasteiger partial charge in [-0.2, -0.15) is 5.10 Å². The smallest absolute Gasteiger partial charge is 0.175 e. The summed E-state index contributed by atoms with van der Waals surface area (Å²) in [6, 6.07) is 4.15. The average Bonchev–Trinajstić information content (AvgIpc) is 2.59. The molecule has 0 unspecified atom stereocenters. The van der Waals surface area contributed by atoms with Crippen LogP contribution in [0.25, 0.3) is 11.1 Å². The maximum absolute atomic E-state index is 11.4. The Morgan fingerprint density at radius 3 is 2.44 bits per heavy atom. The van der Waals surface area contributed by atoms with Crippen LogP contribution in [-0.2, 0) is 16.9 Å². The first-order valence-corrected chi connectivity index (χ1v) is 7.01. The molecule has 2 rings (SSSR count). The Balaban J connectivity index is 2.59. The highest BCUT2D eigenvalue weighted by Gasteiger charge is 2.15. The number of rotatable bonds is 2. The molecule has 0 saturated heterocycles. The fraction of sp³-hybridized carbons (Fsp3) is 0.182. The third kappa shape index (κ3) is 2.04. The molecule has 0 atom stereocenters. The second kappa shape index (κ2) is 4.02. The van der Waals surface area contributed by atoms with Crippen molar-refractivity contribution >= 4 is 15.7 Å². The molecular formula is C11H13N3O3S. The van der Waals surface area contributed by atoms with Crippen molar-refractivity contribution in [3.8, 4) is 16.9 Å². The van der Waals surface area contributed by atoms with E-state index in [-0.39, 0.29) is 10.6 Å². The van der Waals surface area contributed by atoms with Gasteiger partial charge in [-0.3, -0.25) is 4.68 Å². The van der Waals surface area contributed by atoms with Crippen molar-refractivity contribution in [2.24, 2.45) is 7.05 Å². The predicted molar refractivity (Wildman–Crippen MR) is 67.8 cm³/mol. The van der Waals surface area contributed by atoms with Gasteiger partial charge in [-0.25, -0.2) is 8.42 Å². The Bertz CT molecular complexity index is 704. The zero-order valence-electron chi connectivity index (χ0n) is 9.95. The van der Waals surface area contributed by atoms with Gasteiger partial charge in [0.1, 0.15) is 11.6 Å². The van der Waals surface area contributed by atoms with Gasteiger partial charge in [0.15, 0.2) is 9.84 Å². The highest BCUT2D eigenvalue weighted by atomic mass is 32.2. The zero-order chi connectivity index (χ0) is 13.5. The summed E-state index contributed by atoms with van der Waals surface area (Å²) >= 11 is 0. The molecule has 2 aromatic rings. The summed E-state index contributed by atoms with van der Waals surface area (Å²) in [7, 11) is -1.66. The van der Waals surface area contributed by atoms with E-state index < -0.39 is 9.84 Å². The number of nitrogens with zero attached hydrogens (tertiary/aromatic N) is 2. The van der Waals surface area contributed by atoms with Gasteiger partial charge < -0.3 is 10.8 Å². The largest absolute Gasteiger partial charge is 0.507 e. The molecule has 0 saturated carbocycles. The van der Waals surface area contributed by atoms with Crippen LogP contribution >= 0.6 is 0 Å². The number of phenolic OH excluding ortho intramolecular Hbond substituents is 1. The number of hydrogen-bond donors (Lipinski definition) is 2. The number of nitrogen functional groups attached to an aromatic ring is 1. The summed E-state index contributed by atoms with van der Waals surface area (Å²) in [5.74, 6) is 0.259. The molecule has 18 heavy (non-hydrogen) atoms. The van der Waals surface area contributed by atoms with Crippen LogP contribution in [0.1, 0.15) is 0 Å². The standard InChI is InChI=1S/C11H13N3O3S/c1-14-11(12)9(6-13-14)8-4-3-7(5-10(8)15)18(2,16)17/h3-6,15H,12H2,1-2H3. The molecule has 0 radical (unpaired) electrons. The lowest BCUT2D eigenvalue weighted by molar-refractivity contribution is 0.475. The highest BCUT2D eigenvalue weighted by molar-refractivity contribution is 7.90. The van der Waals surface area contributed by atoms with Gasteiger partial charge in [0, 0.05) is 24.4 Å². The molecule has 7 heteroatoms. The lowest BCUT2D eigenvalue weighted by Crippen LogP contribution is -1.99. The third-order valence-corrected chi connectivity index (χ3v) is 3.78. The first-order chi connectivity index (χ1) is 8.30. The number of phenols is 1. The number of benzene rings is 1. The first kappa shape index (κ1) is 12.4. The third-order valence-electron chi connectivity index (χ3n) is 2.67. The van der Waals surface area contributed by atoms with E-state index >= 15 is 0 Å². The Kier molecular flexibility index (Phi) is 2.78. The molecule has 1 aromatic heterocycles. The second-order valence-corrected chi connectivity index (χ2v) is 6.03. The number of hydrogen-bond acceptors (Lipinski definition) is 5. The lowest BCUT2D eigenvalue weighted by Gasteiger charge is -2.06. The minimum absolute atomic E-state index is 0.0613. The summed E-state index contributed by atoms with van der Waals surface area (Å²) in [6.45, 7) is 0. The molecule has 96 valence electrons. The van der Waals surface area contributed by atoms with Crippen LogP contribution < -0.4 is 5.73 Å². The van der Waals surface area contributed by atoms with Crippen LogP contribution in [0.3, 0.4) is 0 Å². The predicted octanol–water partition coefficient (Wildman–Crippen LogP) is 0.778. The van der Waals surface area contributed by atoms with Gasteiger partial charge >= 0.3 is 0 Å². The fourth-order valence-electron chi connectivity index (χ4n) is 1.62. The minimum atomic E-state index is -3.34. The van der Waals surface area contributed by atoms with Crippen molar-refractivity contribution in [2.75, 3.05) is 12.0 Å². The van der Waals surface area contributed by atoms with Crippen LogP contribution in [0.15, 0.2) is 29.3 Å². The molecule has 1 aromatic carbocycles. The van der Waals surface area contributed by atoms with E-state index in [1.54, 1.807) is 7.05 Å². The summed E-state index contributed by atoms with van der Waals surface area (Å²) in [5.41, 5.74) is 6.82. The van der Waals surface area contributed by atoms with E-state index in [2.05, 4.69) is 5.10 Å². The fourth-order valence-corrected chi connectivity index (χ4v) is 2.27. The molecule has 3 N–H and O–H groups in total. The first-order valence-electron chi connectivity index (χ1n) is 5.11. The van der Waals surface area contributed by atoms with Crippen molar-refractivity contribution in [2.45, 2.75) is 4.90 Å². The molecule has 0 bridgehead atoms.